The van der Waals surface area contributed by atoms with Crippen LogP contribution in [0.25, 0.3) is 0 Å². The van der Waals surface area contributed by atoms with Gasteiger partial charge in [-0.1, -0.05) is 0 Å². The van der Waals surface area contributed by atoms with E-state index in [0.29, 0.717) is 24.9 Å². The van der Waals surface area contributed by atoms with Crippen molar-refractivity contribution < 1.29 is 13.6 Å². The molecular weight excluding hydrogens is 238 g/mol. The summed E-state index contributed by atoms with van der Waals surface area (Å²) in [6.07, 6.45) is 1.19. The molecule has 2 rings (SSSR count). The number of amides is 1. The molecule has 0 spiro atoms. The molecule has 2 unspecified atom stereocenters. The molecule has 0 aromatic heterocycles. The number of carbonyl (C=O) groups is 1. The maximum Gasteiger partial charge on any atom is 0.236 e. The Morgan fingerprint density at radius 1 is 1.44 bits per heavy atom. The molecule has 1 aromatic rings. The predicted molar refractivity (Wildman–Crippen MR) is 64.2 cm³/mol. The van der Waals surface area contributed by atoms with Gasteiger partial charge in [0.25, 0.3) is 0 Å². The van der Waals surface area contributed by atoms with Crippen molar-refractivity contribution >= 4 is 5.91 Å². The zero-order valence-corrected chi connectivity index (χ0v) is 10.2. The number of halogens is 2. The number of likely N-dealkylation sites (N-methyl/N-ethyl adjacent to an activating group) is 1. The Hall–Kier alpha value is -1.49. The van der Waals surface area contributed by atoms with Crippen molar-refractivity contribution in [3.05, 3.63) is 35.4 Å². The third-order valence-corrected chi connectivity index (χ3v) is 3.36. The highest BCUT2D eigenvalue weighted by atomic mass is 19.1. The van der Waals surface area contributed by atoms with Crippen LogP contribution in [0.5, 0.6) is 0 Å². The van der Waals surface area contributed by atoms with E-state index in [9.17, 15) is 13.6 Å². The maximum atomic E-state index is 13.7. The molecule has 18 heavy (non-hydrogen) atoms. The monoisotopic (exact) mass is 254 g/mol. The number of hydrogen-bond acceptors (Lipinski definition) is 2. The minimum atomic E-state index is -0.443. The van der Waals surface area contributed by atoms with Crippen LogP contribution in [0.1, 0.15) is 24.3 Å². The van der Waals surface area contributed by atoms with E-state index in [1.165, 1.54) is 6.07 Å². The Morgan fingerprint density at radius 2 is 2.22 bits per heavy atom. The number of rotatable bonds is 2. The summed E-state index contributed by atoms with van der Waals surface area (Å²) in [5.74, 6) is -1.08. The quantitative estimate of drug-likeness (QED) is 0.840. The maximum absolute atomic E-state index is 13.7. The number of carbonyl (C=O) groups excluding carboxylic acids is 1. The van der Waals surface area contributed by atoms with Crippen LogP contribution in [0.3, 0.4) is 0 Å². The van der Waals surface area contributed by atoms with Crippen molar-refractivity contribution in [1.82, 2.24) is 10.6 Å². The van der Waals surface area contributed by atoms with Crippen LogP contribution in [0.2, 0.25) is 0 Å². The van der Waals surface area contributed by atoms with Gasteiger partial charge in [-0.15, -0.1) is 0 Å². The van der Waals surface area contributed by atoms with Crippen molar-refractivity contribution in [3.63, 3.8) is 0 Å². The molecular formula is C13H16F2N2O. The van der Waals surface area contributed by atoms with Crippen LogP contribution in [0.15, 0.2) is 18.2 Å². The third kappa shape index (κ3) is 2.67. The largest absolute Gasteiger partial charge is 0.358 e. The molecule has 0 saturated carbocycles. The molecule has 1 saturated heterocycles. The first-order valence-corrected chi connectivity index (χ1v) is 6.01. The zero-order chi connectivity index (χ0) is 13.1. The topological polar surface area (TPSA) is 41.1 Å². The summed E-state index contributed by atoms with van der Waals surface area (Å²) in [6, 6.07) is 3.14. The van der Waals surface area contributed by atoms with E-state index in [2.05, 4.69) is 10.6 Å². The molecule has 1 aliphatic rings. The summed E-state index contributed by atoms with van der Waals surface area (Å²) in [7, 11) is 1.57. The number of piperidine rings is 1. The lowest BCUT2D eigenvalue weighted by molar-refractivity contribution is -0.123. The average molecular weight is 254 g/mol. The molecule has 2 atom stereocenters. The summed E-state index contributed by atoms with van der Waals surface area (Å²) in [4.78, 5) is 11.6. The molecule has 0 radical (unpaired) electrons. The molecule has 1 fully saturated rings. The molecule has 1 amide bonds. The number of nitrogens with one attached hydrogen (secondary N) is 2. The summed E-state index contributed by atoms with van der Waals surface area (Å²) in [5, 5.41) is 5.64. The highest BCUT2D eigenvalue weighted by molar-refractivity contribution is 5.81. The van der Waals surface area contributed by atoms with Gasteiger partial charge in [0, 0.05) is 7.05 Å². The fourth-order valence-corrected chi connectivity index (χ4v) is 2.40. The molecule has 0 aliphatic carbocycles. The van der Waals surface area contributed by atoms with Gasteiger partial charge in [-0.3, -0.25) is 4.79 Å². The summed E-state index contributed by atoms with van der Waals surface area (Å²) in [5.41, 5.74) is 0.366. The van der Waals surface area contributed by atoms with Crippen molar-refractivity contribution in [2.45, 2.75) is 24.8 Å². The van der Waals surface area contributed by atoms with E-state index in [0.717, 1.165) is 12.1 Å². The van der Waals surface area contributed by atoms with Crippen molar-refractivity contribution in [2.75, 3.05) is 13.6 Å². The second-order valence-electron chi connectivity index (χ2n) is 4.51. The van der Waals surface area contributed by atoms with E-state index < -0.39 is 11.6 Å². The van der Waals surface area contributed by atoms with E-state index in [1.807, 2.05) is 0 Å². The molecule has 2 N–H and O–H groups in total. The van der Waals surface area contributed by atoms with Gasteiger partial charge < -0.3 is 10.6 Å². The van der Waals surface area contributed by atoms with Gasteiger partial charge in [-0.2, -0.15) is 0 Å². The van der Waals surface area contributed by atoms with Gasteiger partial charge in [0.05, 0.1) is 6.04 Å². The molecule has 0 bridgehead atoms. The van der Waals surface area contributed by atoms with E-state index in [1.54, 1.807) is 7.05 Å². The van der Waals surface area contributed by atoms with Crippen LogP contribution < -0.4 is 10.6 Å². The Bertz CT molecular complexity index is 451. The fraction of sp³-hybridized carbons (Fsp3) is 0.462. The fourth-order valence-electron chi connectivity index (χ4n) is 2.40. The van der Waals surface area contributed by atoms with Gasteiger partial charge in [0.2, 0.25) is 5.91 Å². The number of benzene rings is 1. The first-order chi connectivity index (χ1) is 8.61. The Kier molecular flexibility index (Phi) is 3.91. The van der Waals surface area contributed by atoms with Crippen LogP contribution in [-0.4, -0.2) is 25.5 Å². The number of hydrogen-bond donors (Lipinski definition) is 2. The lowest BCUT2D eigenvalue weighted by atomic mass is 9.86. The minimum Gasteiger partial charge on any atom is -0.358 e. The van der Waals surface area contributed by atoms with Gasteiger partial charge >= 0.3 is 0 Å². The third-order valence-electron chi connectivity index (χ3n) is 3.36. The van der Waals surface area contributed by atoms with E-state index in [-0.39, 0.29) is 17.9 Å². The highest BCUT2D eigenvalue weighted by Gasteiger charge is 2.28. The second-order valence-corrected chi connectivity index (χ2v) is 4.51. The van der Waals surface area contributed by atoms with Crippen molar-refractivity contribution in [1.29, 1.82) is 0 Å². The van der Waals surface area contributed by atoms with Crippen LogP contribution >= 0.6 is 0 Å². The zero-order valence-electron chi connectivity index (χ0n) is 10.2. The lowest BCUT2D eigenvalue weighted by Gasteiger charge is -2.29. The standard InChI is InChI=1S/C13H16F2N2O/c1-16-13(18)12-6-8(4-5-17-12)10-7-9(14)2-3-11(10)15/h2-3,7-8,12,17H,4-6H2,1H3,(H,16,18). The molecule has 5 heteroatoms. The van der Waals surface area contributed by atoms with Gasteiger partial charge in [-0.05, 0) is 49.1 Å². The van der Waals surface area contributed by atoms with E-state index >= 15 is 0 Å². The SMILES string of the molecule is CNC(=O)C1CC(c2cc(F)ccc2F)CCN1. The Balaban J connectivity index is 2.18. The minimum absolute atomic E-state index is 0.114. The van der Waals surface area contributed by atoms with Gasteiger partial charge in [-0.25, -0.2) is 8.78 Å². The summed E-state index contributed by atoms with van der Waals surface area (Å²) >= 11 is 0. The van der Waals surface area contributed by atoms with Crippen LogP contribution in [-0.2, 0) is 4.79 Å². The first kappa shape index (κ1) is 13.0. The summed E-state index contributed by atoms with van der Waals surface area (Å²) in [6.45, 7) is 0.624. The Labute approximate surface area is 105 Å². The van der Waals surface area contributed by atoms with Crippen LogP contribution in [0.4, 0.5) is 8.78 Å². The van der Waals surface area contributed by atoms with Crippen molar-refractivity contribution in [3.8, 4) is 0 Å². The second kappa shape index (κ2) is 5.44. The normalized spacial score (nSPS) is 23.7. The van der Waals surface area contributed by atoms with E-state index in [4.69, 9.17) is 0 Å². The Morgan fingerprint density at radius 3 is 2.94 bits per heavy atom. The van der Waals surface area contributed by atoms with Gasteiger partial charge in [0.15, 0.2) is 0 Å². The lowest BCUT2D eigenvalue weighted by Crippen LogP contribution is -2.47. The highest BCUT2D eigenvalue weighted by Crippen LogP contribution is 2.30. The van der Waals surface area contributed by atoms with Crippen LogP contribution in [0, 0.1) is 11.6 Å². The smallest absolute Gasteiger partial charge is 0.236 e. The molecule has 1 aliphatic heterocycles. The van der Waals surface area contributed by atoms with Crippen molar-refractivity contribution in [2.24, 2.45) is 0 Å². The van der Waals surface area contributed by atoms with Gasteiger partial charge in [0.1, 0.15) is 11.6 Å². The molecule has 98 valence electrons. The predicted octanol–water partition coefficient (Wildman–Crippen LogP) is 1.55. The first-order valence-electron chi connectivity index (χ1n) is 6.01. The molecule has 1 aromatic carbocycles. The average Bonchev–Trinajstić information content (AvgIpc) is 2.40. The molecule has 3 nitrogen and oxygen atoms in total. The molecule has 1 heterocycles. The summed E-state index contributed by atoms with van der Waals surface area (Å²) < 4.78 is 26.8.